The maximum absolute atomic E-state index is 12.6. The molecular formula is C21H26O6. The Morgan fingerprint density at radius 2 is 2.07 bits per heavy atom. The minimum absolute atomic E-state index is 0.0116. The van der Waals surface area contributed by atoms with Gasteiger partial charge in [-0.15, -0.1) is 6.58 Å². The van der Waals surface area contributed by atoms with Crippen molar-refractivity contribution in [2.75, 3.05) is 21.0 Å². The van der Waals surface area contributed by atoms with Crippen LogP contribution in [0.1, 0.15) is 37.9 Å². The summed E-state index contributed by atoms with van der Waals surface area (Å²) >= 11 is 0. The van der Waals surface area contributed by atoms with Gasteiger partial charge in [-0.1, -0.05) is 19.1 Å². The zero-order valence-corrected chi connectivity index (χ0v) is 16.0. The molecule has 1 aromatic rings. The molecule has 146 valence electrons. The Hall–Kier alpha value is -1.89. The van der Waals surface area contributed by atoms with E-state index in [1.165, 1.54) is 0 Å². The van der Waals surface area contributed by atoms with Gasteiger partial charge in [-0.05, 0) is 36.5 Å². The molecule has 0 aromatic heterocycles. The van der Waals surface area contributed by atoms with Gasteiger partial charge < -0.3 is 23.7 Å². The molecule has 0 amide bonds. The largest absolute Gasteiger partial charge is 0.454 e. The molecule has 2 heterocycles. The number of Topliss-reactive ketones (excluding diaryl/α,β-unsaturated/α-hetero) is 1. The summed E-state index contributed by atoms with van der Waals surface area (Å²) < 4.78 is 28.9. The molecule has 0 N–H and O–H groups in total. The van der Waals surface area contributed by atoms with Crippen molar-refractivity contribution in [1.29, 1.82) is 0 Å². The van der Waals surface area contributed by atoms with E-state index < -0.39 is 17.3 Å². The normalized spacial score (nSPS) is 37.3. The lowest BCUT2D eigenvalue weighted by Crippen LogP contribution is -2.57. The number of hydrogen-bond acceptors (Lipinski definition) is 6. The zero-order chi connectivity index (χ0) is 19.2. The van der Waals surface area contributed by atoms with E-state index in [9.17, 15) is 4.79 Å². The number of methoxy groups -OCH3 is 2. The number of allylic oxidation sites excluding steroid dienone is 1. The molecular weight excluding hydrogens is 348 g/mol. The van der Waals surface area contributed by atoms with Crippen LogP contribution in [0, 0.1) is 11.3 Å². The van der Waals surface area contributed by atoms with Crippen LogP contribution in [0.15, 0.2) is 30.9 Å². The molecule has 1 aromatic carbocycles. The quantitative estimate of drug-likeness (QED) is 0.736. The highest BCUT2D eigenvalue weighted by Gasteiger charge is 2.68. The predicted octanol–water partition coefficient (Wildman–Crippen LogP) is 3.41. The fraction of sp³-hybridized carbons (Fsp3) is 0.571. The summed E-state index contributed by atoms with van der Waals surface area (Å²) in [6.07, 6.45) is 2.60. The van der Waals surface area contributed by atoms with Crippen LogP contribution in [-0.2, 0) is 19.0 Å². The van der Waals surface area contributed by atoms with Gasteiger partial charge >= 0.3 is 0 Å². The maximum atomic E-state index is 12.6. The van der Waals surface area contributed by atoms with Crippen molar-refractivity contribution >= 4 is 5.78 Å². The van der Waals surface area contributed by atoms with Crippen LogP contribution in [0.2, 0.25) is 0 Å². The van der Waals surface area contributed by atoms with Gasteiger partial charge in [-0.2, -0.15) is 0 Å². The first-order valence-electron chi connectivity index (χ1n) is 9.29. The van der Waals surface area contributed by atoms with E-state index in [4.69, 9.17) is 23.7 Å². The molecule has 0 spiro atoms. The van der Waals surface area contributed by atoms with Crippen molar-refractivity contribution in [1.82, 2.24) is 0 Å². The van der Waals surface area contributed by atoms with Crippen LogP contribution in [0.5, 0.6) is 11.5 Å². The van der Waals surface area contributed by atoms with Gasteiger partial charge in [-0.3, -0.25) is 4.79 Å². The minimum Gasteiger partial charge on any atom is -0.454 e. The van der Waals surface area contributed by atoms with Crippen LogP contribution in [0.4, 0.5) is 0 Å². The van der Waals surface area contributed by atoms with Crippen molar-refractivity contribution in [2.45, 2.75) is 44.2 Å². The van der Waals surface area contributed by atoms with Crippen LogP contribution >= 0.6 is 0 Å². The molecule has 2 fully saturated rings. The van der Waals surface area contributed by atoms with E-state index in [0.29, 0.717) is 18.6 Å². The molecule has 1 saturated carbocycles. The molecule has 1 saturated heterocycles. The van der Waals surface area contributed by atoms with Gasteiger partial charge in [0, 0.05) is 19.6 Å². The second kappa shape index (κ2) is 6.62. The smallest absolute Gasteiger partial charge is 0.231 e. The van der Waals surface area contributed by atoms with E-state index in [0.717, 1.165) is 11.3 Å². The van der Waals surface area contributed by atoms with E-state index >= 15 is 0 Å². The lowest BCUT2D eigenvalue weighted by molar-refractivity contribution is -0.274. The van der Waals surface area contributed by atoms with Crippen LogP contribution in [-0.4, -0.2) is 38.7 Å². The number of rotatable bonds is 5. The molecule has 27 heavy (non-hydrogen) atoms. The highest BCUT2D eigenvalue weighted by atomic mass is 16.7. The SMILES string of the molecule is C=CCC12CC(OC)C(=O)CC1(OC)OC(c1ccc3c(c1)OCO3)C2C. The van der Waals surface area contributed by atoms with Gasteiger partial charge in [0.25, 0.3) is 0 Å². The highest BCUT2D eigenvalue weighted by molar-refractivity contribution is 5.85. The summed E-state index contributed by atoms with van der Waals surface area (Å²) in [4.78, 5) is 12.6. The van der Waals surface area contributed by atoms with Gasteiger partial charge in [-0.25, -0.2) is 0 Å². The molecule has 2 aliphatic heterocycles. The van der Waals surface area contributed by atoms with Crippen molar-refractivity contribution in [3.05, 3.63) is 36.4 Å². The summed E-state index contributed by atoms with van der Waals surface area (Å²) in [6.45, 7) is 6.33. The highest BCUT2D eigenvalue weighted by Crippen LogP contribution is 2.64. The van der Waals surface area contributed by atoms with Gasteiger partial charge in [0.05, 0.1) is 12.5 Å². The Bertz CT molecular complexity index is 761. The molecule has 6 heteroatoms. The fourth-order valence-electron chi connectivity index (χ4n) is 5.08. The first-order chi connectivity index (χ1) is 13.0. The number of hydrogen-bond donors (Lipinski definition) is 0. The third-order valence-corrected chi connectivity index (χ3v) is 6.57. The molecule has 4 rings (SSSR count). The second-order valence-corrected chi connectivity index (χ2v) is 7.62. The average Bonchev–Trinajstić information content (AvgIpc) is 3.23. The lowest BCUT2D eigenvalue weighted by Gasteiger charge is -2.49. The van der Waals surface area contributed by atoms with Gasteiger partial charge in [0.15, 0.2) is 23.1 Å². The van der Waals surface area contributed by atoms with E-state index in [-0.39, 0.29) is 31.0 Å². The third-order valence-electron chi connectivity index (χ3n) is 6.57. The second-order valence-electron chi connectivity index (χ2n) is 7.62. The number of carbonyl (C=O) groups excluding carboxylic acids is 1. The minimum atomic E-state index is -0.992. The standard InChI is InChI=1S/C21H26O6/c1-5-8-20-11-18(23-3)15(22)10-21(20,24-4)27-19(13(20)2)14-6-7-16-17(9-14)26-12-25-16/h5-7,9,13,18-19H,1,8,10-12H2,2-4H3. The molecule has 6 nitrogen and oxygen atoms in total. The Labute approximate surface area is 159 Å². The molecule has 5 unspecified atom stereocenters. The number of benzene rings is 1. The number of fused-ring (bicyclic) bond motifs is 2. The summed E-state index contributed by atoms with van der Waals surface area (Å²) in [5.41, 5.74) is 0.585. The predicted molar refractivity (Wildman–Crippen MR) is 97.6 cm³/mol. The summed E-state index contributed by atoms with van der Waals surface area (Å²) in [5.74, 6) is 0.555. The van der Waals surface area contributed by atoms with E-state index in [2.05, 4.69) is 13.5 Å². The first-order valence-corrected chi connectivity index (χ1v) is 9.29. The molecule has 0 bridgehead atoms. The van der Waals surface area contributed by atoms with Crippen LogP contribution < -0.4 is 9.47 Å². The van der Waals surface area contributed by atoms with Crippen LogP contribution in [0.3, 0.4) is 0 Å². The van der Waals surface area contributed by atoms with Crippen molar-refractivity contribution in [3.8, 4) is 11.5 Å². The van der Waals surface area contributed by atoms with Gasteiger partial charge in [0.2, 0.25) is 6.79 Å². The Balaban J connectivity index is 1.77. The Kier molecular flexibility index (Phi) is 4.53. The summed E-state index contributed by atoms with van der Waals surface area (Å²) in [6, 6.07) is 5.85. The van der Waals surface area contributed by atoms with Crippen molar-refractivity contribution in [3.63, 3.8) is 0 Å². The van der Waals surface area contributed by atoms with Crippen molar-refractivity contribution in [2.24, 2.45) is 11.3 Å². The molecule has 3 aliphatic rings. The van der Waals surface area contributed by atoms with Gasteiger partial charge in [0.1, 0.15) is 6.10 Å². The van der Waals surface area contributed by atoms with E-state index in [1.807, 2.05) is 24.3 Å². The fourth-order valence-corrected chi connectivity index (χ4v) is 5.08. The lowest BCUT2D eigenvalue weighted by atomic mass is 9.60. The van der Waals surface area contributed by atoms with Crippen molar-refractivity contribution < 1.29 is 28.5 Å². The molecule has 5 atom stereocenters. The average molecular weight is 374 g/mol. The monoisotopic (exact) mass is 374 g/mol. The molecule has 0 radical (unpaired) electrons. The number of ether oxygens (including phenoxy) is 5. The first kappa shape index (κ1) is 18.5. The topological polar surface area (TPSA) is 63.2 Å². The number of ketones is 1. The third kappa shape index (κ3) is 2.54. The van der Waals surface area contributed by atoms with Crippen LogP contribution in [0.25, 0.3) is 0 Å². The summed E-state index contributed by atoms with van der Waals surface area (Å²) in [5, 5.41) is 0. The molecule has 1 aliphatic carbocycles. The number of carbonyl (C=O) groups is 1. The Morgan fingerprint density at radius 3 is 2.78 bits per heavy atom. The zero-order valence-electron chi connectivity index (χ0n) is 16.0. The maximum Gasteiger partial charge on any atom is 0.231 e. The summed E-state index contributed by atoms with van der Waals surface area (Å²) in [7, 11) is 3.20. The Morgan fingerprint density at radius 1 is 1.30 bits per heavy atom. The van der Waals surface area contributed by atoms with E-state index in [1.54, 1.807) is 14.2 Å².